The van der Waals surface area contributed by atoms with Gasteiger partial charge in [0.1, 0.15) is 0 Å². The van der Waals surface area contributed by atoms with Crippen LogP contribution in [-0.2, 0) is 16.1 Å². The maximum atomic E-state index is 12.8. The molecule has 1 N–H and O–H groups in total. The van der Waals surface area contributed by atoms with E-state index >= 15 is 0 Å². The first-order valence-electron chi connectivity index (χ1n) is 13.1. The number of likely N-dealkylation sites (tertiary alicyclic amines) is 2. The number of carbonyl (C=O) groups excluding carboxylic acids is 1. The van der Waals surface area contributed by atoms with Gasteiger partial charge in [-0.2, -0.15) is 26.3 Å². The molecule has 1 aromatic rings. The minimum Gasteiger partial charge on any atom is -0.481 e. The molecule has 0 unspecified atom stereocenters. The molecule has 218 valence electrons. The molecule has 13 heteroatoms. The molecule has 1 amide bonds. The SMILES string of the molecule is Cc1ccc(CN2CCCC23CCN(C(=O)OC(C(F)(F)F)C(F)(F)F)CC3)c(N2CCC[C@@H](C(=O)O)C2)c1. The number of ether oxygens (including phenoxy) is 1. The first-order valence-corrected chi connectivity index (χ1v) is 13.1. The number of alkyl halides is 6. The number of carbonyl (C=O) groups is 2. The Morgan fingerprint density at radius 1 is 1.03 bits per heavy atom. The Labute approximate surface area is 222 Å². The van der Waals surface area contributed by atoms with Crippen molar-refractivity contribution in [3.8, 4) is 0 Å². The quantitative estimate of drug-likeness (QED) is 0.485. The number of halogens is 6. The van der Waals surface area contributed by atoms with E-state index in [1.807, 2.05) is 19.1 Å². The second kappa shape index (κ2) is 11.1. The van der Waals surface area contributed by atoms with Crippen LogP contribution < -0.4 is 4.90 Å². The Hall–Kier alpha value is -2.70. The zero-order chi connectivity index (χ0) is 28.6. The van der Waals surface area contributed by atoms with Crippen molar-refractivity contribution >= 4 is 17.7 Å². The summed E-state index contributed by atoms with van der Waals surface area (Å²) >= 11 is 0. The lowest BCUT2D eigenvalue weighted by atomic mass is 9.84. The molecule has 0 radical (unpaired) electrons. The van der Waals surface area contributed by atoms with Gasteiger partial charge < -0.3 is 19.6 Å². The molecule has 3 aliphatic heterocycles. The predicted molar refractivity (Wildman–Crippen MR) is 129 cm³/mol. The Morgan fingerprint density at radius 2 is 1.69 bits per heavy atom. The number of anilines is 1. The van der Waals surface area contributed by atoms with Crippen molar-refractivity contribution < 1.29 is 45.8 Å². The van der Waals surface area contributed by atoms with E-state index in [1.165, 1.54) is 0 Å². The largest absolute Gasteiger partial charge is 0.481 e. The number of piperidine rings is 2. The van der Waals surface area contributed by atoms with E-state index in [0.717, 1.165) is 54.1 Å². The lowest BCUT2D eigenvalue weighted by molar-refractivity contribution is -0.308. The second-order valence-electron chi connectivity index (χ2n) is 10.8. The van der Waals surface area contributed by atoms with Crippen molar-refractivity contribution in [2.24, 2.45) is 5.92 Å². The molecule has 3 aliphatic rings. The highest BCUT2D eigenvalue weighted by molar-refractivity contribution is 5.71. The molecule has 1 atom stereocenters. The summed E-state index contributed by atoms with van der Waals surface area (Å²) in [7, 11) is 0. The lowest BCUT2D eigenvalue weighted by Crippen LogP contribution is -2.54. The topological polar surface area (TPSA) is 73.3 Å². The maximum Gasteiger partial charge on any atom is 0.434 e. The molecule has 0 saturated carbocycles. The first-order chi connectivity index (χ1) is 18.2. The zero-order valence-corrected chi connectivity index (χ0v) is 21.7. The summed E-state index contributed by atoms with van der Waals surface area (Å²) in [5, 5.41) is 9.53. The molecule has 3 fully saturated rings. The van der Waals surface area contributed by atoms with Crippen LogP contribution >= 0.6 is 0 Å². The van der Waals surface area contributed by atoms with Crippen molar-refractivity contribution in [3.63, 3.8) is 0 Å². The van der Waals surface area contributed by atoms with Crippen LogP contribution in [0.15, 0.2) is 18.2 Å². The van der Waals surface area contributed by atoms with Gasteiger partial charge in [-0.15, -0.1) is 0 Å². The van der Waals surface area contributed by atoms with Gasteiger partial charge in [-0.3, -0.25) is 9.69 Å². The minimum atomic E-state index is -5.75. The summed E-state index contributed by atoms with van der Waals surface area (Å²) in [5.74, 6) is -1.25. The van der Waals surface area contributed by atoms with Gasteiger partial charge in [0.2, 0.25) is 0 Å². The molecule has 0 aromatic heterocycles. The zero-order valence-electron chi connectivity index (χ0n) is 21.7. The van der Waals surface area contributed by atoms with E-state index < -0.39 is 36.4 Å². The van der Waals surface area contributed by atoms with Crippen LogP contribution in [0.25, 0.3) is 0 Å². The Kier molecular flexibility index (Phi) is 8.30. The van der Waals surface area contributed by atoms with Crippen LogP contribution in [0.5, 0.6) is 0 Å². The van der Waals surface area contributed by atoms with Crippen molar-refractivity contribution in [2.75, 3.05) is 37.6 Å². The number of carboxylic acid groups (broad SMARTS) is 1. The highest BCUT2D eigenvalue weighted by Gasteiger charge is 2.60. The van der Waals surface area contributed by atoms with Gasteiger partial charge in [0.15, 0.2) is 0 Å². The van der Waals surface area contributed by atoms with Crippen LogP contribution in [0.3, 0.4) is 0 Å². The fourth-order valence-corrected chi connectivity index (χ4v) is 6.11. The summed E-state index contributed by atoms with van der Waals surface area (Å²) in [6.45, 7) is 4.46. The summed E-state index contributed by atoms with van der Waals surface area (Å²) in [6.07, 6.45) is -13.4. The molecular weight excluding hydrogens is 532 g/mol. The average molecular weight is 566 g/mol. The monoisotopic (exact) mass is 565 g/mol. The number of hydrogen-bond donors (Lipinski definition) is 1. The molecule has 1 aromatic carbocycles. The van der Waals surface area contributed by atoms with Crippen molar-refractivity contribution in [1.29, 1.82) is 0 Å². The number of amides is 1. The van der Waals surface area contributed by atoms with Crippen LogP contribution in [0.4, 0.5) is 36.8 Å². The molecule has 39 heavy (non-hydrogen) atoms. The van der Waals surface area contributed by atoms with Gasteiger partial charge in [-0.1, -0.05) is 12.1 Å². The maximum absolute atomic E-state index is 12.8. The van der Waals surface area contributed by atoms with E-state index in [2.05, 4.69) is 20.6 Å². The summed E-state index contributed by atoms with van der Waals surface area (Å²) in [5.41, 5.74) is 2.73. The fourth-order valence-electron chi connectivity index (χ4n) is 6.11. The van der Waals surface area contributed by atoms with Crippen LogP contribution in [0.1, 0.15) is 49.7 Å². The highest BCUT2D eigenvalue weighted by atomic mass is 19.4. The van der Waals surface area contributed by atoms with E-state index in [0.29, 0.717) is 32.4 Å². The van der Waals surface area contributed by atoms with E-state index in [9.17, 15) is 41.0 Å². The van der Waals surface area contributed by atoms with Gasteiger partial charge in [0, 0.05) is 44.0 Å². The van der Waals surface area contributed by atoms with Crippen LogP contribution in [0.2, 0.25) is 0 Å². The van der Waals surface area contributed by atoms with Gasteiger partial charge in [-0.05, 0) is 69.2 Å². The van der Waals surface area contributed by atoms with Crippen molar-refractivity contribution in [2.45, 2.75) is 76.0 Å². The normalized spacial score (nSPS) is 22.5. The predicted octanol–water partition coefficient (Wildman–Crippen LogP) is 5.36. The third-order valence-corrected chi connectivity index (χ3v) is 8.22. The molecule has 3 saturated heterocycles. The third-order valence-electron chi connectivity index (χ3n) is 8.22. The van der Waals surface area contributed by atoms with Crippen molar-refractivity contribution in [3.05, 3.63) is 29.3 Å². The summed E-state index contributed by atoms with van der Waals surface area (Å²) < 4.78 is 80.9. The van der Waals surface area contributed by atoms with Gasteiger partial charge in [0.25, 0.3) is 6.10 Å². The van der Waals surface area contributed by atoms with Crippen LogP contribution in [0, 0.1) is 12.8 Å². The molecule has 4 rings (SSSR count). The molecule has 3 heterocycles. The third kappa shape index (κ3) is 6.55. The highest BCUT2D eigenvalue weighted by Crippen LogP contribution is 2.42. The van der Waals surface area contributed by atoms with Gasteiger partial charge in [0.05, 0.1) is 5.92 Å². The van der Waals surface area contributed by atoms with Crippen LogP contribution in [-0.4, -0.2) is 83.7 Å². The minimum absolute atomic E-state index is 0.00899. The Balaban J connectivity index is 1.44. The van der Waals surface area contributed by atoms with E-state index in [-0.39, 0.29) is 18.6 Å². The first kappa shape index (κ1) is 29.3. The molecule has 0 aliphatic carbocycles. The number of nitrogens with zero attached hydrogens (tertiary/aromatic N) is 3. The summed E-state index contributed by atoms with van der Waals surface area (Å²) in [4.78, 5) is 29.2. The number of rotatable bonds is 5. The Bertz CT molecular complexity index is 1040. The number of aliphatic carboxylic acids is 1. The number of aryl methyl sites for hydroxylation is 1. The molecule has 7 nitrogen and oxygen atoms in total. The molecular formula is C26H33F6N3O4. The standard InChI is InChI=1S/C26H33F6N3O4/c1-17-5-6-18(20(14-17)34-10-2-4-19(15-34)21(36)37)16-35-11-3-7-24(35)8-12-33(13-9-24)23(38)39-22(25(27,28)29)26(30,31)32/h5-6,14,19,22H,2-4,7-13,15-16H2,1H3,(H,36,37)/t19-/m1/s1. The molecule has 0 bridgehead atoms. The van der Waals surface area contributed by atoms with E-state index in [1.54, 1.807) is 0 Å². The smallest absolute Gasteiger partial charge is 0.434 e. The van der Waals surface area contributed by atoms with Gasteiger partial charge in [-0.25, -0.2) is 4.79 Å². The van der Waals surface area contributed by atoms with E-state index in [4.69, 9.17) is 0 Å². The fraction of sp³-hybridized carbons (Fsp3) is 0.692. The Morgan fingerprint density at radius 3 is 2.31 bits per heavy atom. The summed E-state index contributed by atoms with van der Waals surface area (Å²) in [6, 6.07) is 6.08. The van der Waals surface area contributed by atoms with Gasteiger partial charge >= 0.3 is 24.4 Å². The number of hydrogen-bond acceptors (Lipinski definition) is 5. The number of benzene rings is 1. The average Bonchev–Trinajstić information content (AvgIpc) is 3.23. The second-order valence-corrected chi connectivity index (χ2v) is 10.8. The lowest BCUT2D eigenvalue weighted by Gasteiger charge is -2.45. The van der Waals surface area contributed by atoms with Crippen molar-refractivity contribution in [1.82, 2.24) is 9.80 Å². The number of carboxylic acids is 1. The molecule has 1 spiro atoms.